The molecule has 0 aliphatic rings. The molecule has 0 aliphatic carbocycles. The smallest absolute Gasteiger partial charge is 0.336 e. The van der Waals surface area contributed by atoms with Crippen molar-refractivity contribution in [3.63, 3.8) is 0 Å². The lowest BCUT2D eigenvalue weighted by molar-refractivity contribution is 0.0963. The molecule has 3 rings (SSSR count). The van der Waals surface area contributed by atoms with E-state index in [0.717, 1.165) is 22.2 Å². The van der Waals surface area contributed by atoms with Gasteiger partial charge < -0.3 is 15.1 Å². The Kier molecular flexibility index (Phi) is 4.76. The fourth-order valence-corrected chi connectivity index (χ4v) is 2.77. The van der Waals surface area contributed by atoms with Crippen LogP contribution in [-0.4, -0.2) is 13.0 Å². The van der Waals surface area contributed by atoms with E-state index < -0.39 is 5.63 Å². The number of hydrogen-bond donors (Lipinski definition) is 2. The molecule has 1 heterocycles. The Morgan fingerprint density at radius 1 is 1.20 bits per heavy atom. The zero-order valence-corrected chi connectivity index (χ0v) is 14.6. The fraction of sp³-hybridized carbons (Fsp3) is 0.158. The molecule has 0 saturated heterocycles. The number of anilines is 1. The molecule has 1 amide bonds. The van der Waals surface area contributed by atoms with Gasteiger partial charge in [-0.1, -0.05) is 17.7 Å². The van der Waals surface area contributed by atoms with Crippen molar-refractivity contribution in [2.45, 2.75) is 13.5 Å². The summed E-state index contributed by atoms with van der Waals surface area (Å²) in [5.74, 6) is -0.156. The number of hydrogen-bond acceptors (Lipinski definition) is 4. The van der Waals surface area contributed by atoms with E-state index >= 15 is 0 Å². The SMILES string of the molecule is CNC(=O)c1cccc(NCc2cc(=O)oc3cc(C)c(Cl)cc23)c1. The first-order valence-electron chi connectivity index (χ1n) is 7.77. The van der Waals surface area contributed by atoms with Crippen LogP contribution >= 0.6 is 11.6 Å². The molecule has 3 aromatic rings. The summed E-state index contributed by atoms with van der Waals surface area (Å²) in [4.78, 5) is 23.5. The van der Waals surface area contributed by atoms with E-state index in [1.54, 1.807) is 37.4 Å². The Balaban J connectivity index is 1.92. The van der Waals surface area contributed by atoms with Crippen LogP contribution in [-0.2, 0) is 6.54 Å². The minimum atomic E-state index is -0.412. The van der Waals surface area contributed by atoms with Gasteiger partial charge in [0.2, 0.25) is 0 Å². The molecule has 2 N–H and O–H groups in total. The lowest BCUT2D eigenvalue weighted by atomic mass is 10.1. The molecule has 6 heteroatoms. The van der Waals surface area contributed by atoms with Gasteiger partial charge in [0.25, 0.3) is 5.91 Å². The van der Waals surface area contributed by atoms with Gasteiger partial charge in [0.05, 0.1) is 0 Å². The zero-order chi connectivity index (χ0) is 18.0. The van der Waals surface area contributed by atoms with Crippen LogP contribution in [0.15, 0.2) is 51.7 Å². The van der Waals surface area contributed by atoms with Gasteiger partial charge >= 0.3 is 5.63 Å². The Morgan fingerprint density at radius 2 is 2.00 bits per heavy atom. The Morgan fingerprint density at radius 3 is 2.76 bits per heavy atom. The lowest BCUT2D eigenvalue weighted by Gasteiger charge is -2.10. The molecule has 128 valence electrons. The predicted molar refractivity (Wildman–Crippen MR) is 99.4 cm³/mol. The molecule has 0 bridgehead atoms. The highest BCUT2D eigenvalue weighted by molar-refractivity contribution is 6.32. The van der Waals surface area contributed by atoms with Gasteiger partial charge in [0.15, 0.2) is 0 Å². The molecule has 1 aromatic heterocycles. The average Bonchev–Trinajstić information content (AvgIpc) is 2.60. The normalized spacial score (nSPS) is 10.7. The van der Waals surface area contributed by atoms with Gasteiger partial charge in [-0.25, -0.2) is 4.79 Å². The maximum Gasteiger partial charge on any atom is 0.336 e. The summed E-state index contributed by atoms with van der Waals surface area (Å²) >= 11 is 6.20. The molecule has 0 fully saturated rings. The van der Waals surface area contributed by atoms with Gasteiger partial charge in [0, 0.05) is 41.3 Å². The predicted octanol–water partition coefficient (Wildman–Crippen LogP) is 3.73. The number of benzene rings is 2. The Bertz CT molecular complexity index is 1010. The third-order valence-corrected chi connectivity index (χ3v) is 4.35. The number of carbonyl (C=O) groups is 1. The molecule has 0 atom stereocenters. The van der Waals surface area contributed by atoms with Crippen molar-refractivity contribution in [2.24, 2.45) is 0 Å². The minimum absolute atomic E-state index is 0.156. The van der Waals surface area contributed by atoms with Crippen molar-refractivity contribution in [3.8, 4) is 0 Å². The second-order valence-corrected chi connectivity index (χ2v) is 6.11. The van der Waals surface area contributed by atoms with E-state index in [1.807, 2.05) is 13.0 Å². The van der Waals surface area contributed by atoms with Crippen LogP contribution in [0.2, 0.25) is 5.02 Å². The van der Waals surface area contributed by atoms with E-state index in [1.165, 1.54) is 6.07 Å². The first kappa shape index (κ1) is 17.0. The summed E-state index contributed by atoms with van der Waals surface area (Å²) in [6.07, 6.45) is 0. The maximum atomic E-state index is 11.8. The summed E-state index contributed by atoms with van der Waals surface area (Å²) in [7, 11) is 1.59. The summed E-state index contributed by atoms with van der Waals surface area (Å²) in [5, 5.41) is 7.22. The van der Waals surface area contributed by atoms with Gasteiger partial charge in [-0.2, -0.15) is 0 Å². The van der Waals surface area contributed by atoms with Crippen molar-refractivity contribution in [3.05, 3.63) is 74.6 Å². The topological polar surface area (TPSA) is 71.3 Å². The van der Waals surface area contributed by atoms with E-state index in [9.17, 15) is 9.59 Å². The number of rotatable bonds is 4. The molecule has 0 spiro atoms. The van der Waals surface area contributed by atoms with Gasteiger partial charge in [-0.15, -0.1) is 0 Å². The van der Waals surface area contributed by atoms with Crippen molar-refractivity contribution in [2.75, 3.05) is 12.4 Å². The lowest BCUT2D eigenvalue weighted by Crippen LogP contribution is -2.17. The number of amides is 1. The molecule has 0 aliphatic heterocycles. The van der Waals surface area contributed by atoms with Crippen LogP contribution in [0.5, 0.6) is 0 Å². The van der Waals surface area contributed by atoms with Crippen molar-refractivity contribution < 1.29 is 9.21 Å². The molecule has 2 aromatic carbocycles. The van der Waals surface area contributed by atoms with Crippen LogP contribution in [0.1, 0.15) is 21.5 Å². The number of nitrogens with one attached hydrogen (secondary N) is 2. The summed E-state index contributed by atoms with van der Waals surface area (Å²) in [6, 6.07) is 12.1. The number of aryl methyl sites for hydroxylation is 1. The first-order chi connectivity index (χ1) is 12.0. The molecule has 0 radical (unpaired) electrons. The third kappa shape index (κ3) is 3.67. The number of fused-ring (bicyclic) bond motifs is 1. The minimum Gasteiger partial charge on any atom is -0.423 e. The Labute approximate surface area is 149 Å². The molecular formula is C19H17ClN2O3. The molecule has 0 saturated carbocycles. The van der Waals surface area contributed by atoms with Gasteiger partial charge in [-0.05, 0) is 48.4 Å². The maximum absolute atomic E-state index is 11.8. The zero-order valence-electron chi connectivity index (χ0n) is 13.9. The second kappa shape index (κ2) is 6.99. The number of carbonyl (C=O) groups excluding carboxylic acids is 1. The monoisotopic (exact) mass is 356 g/mol. The van der Waals surface area contributed by atoms with Crippen molar-refractivity contribution in [1.82, 2.24) is 5.32 Å². The third-order valence-electron chi connectivity index (χ3n) is 3.94. The number of halogens is 1. The highest BCUT2D eigenvalue weighted by Gasteiger charge is 2.09. The summed E-state index contributed by atoms with van der Waals surface area (Å²) in [6.45, 7) is 2.26. The van der Waals surface area contributed by atoms with Crippen LogP contribution in [0.3, 0.4) is 0 Å². The molecule has 5 nitrogen and oxygen atoms in total. The van der Waals surface area contributed by atoms with Crippen molar-refractivity contribution >= 4 is 34.2 Å². The van der Waals surface area contributed by atoms with Crippen molar-refractivity contribution in [1.29, 1.82) is 0 Å². The first-order valence-corrected chi connectivity index (χ1v) is 8.14. The van der Waals surface area contributed by atoms with E-state index in [0.29, 0.717) is 22.7 Å². The van der Waals surface area contributed by atoms with E-state index in [-0.39, 0.29) is 5.91 Å². The summed E-state index contributed by atoms with van der Waals surface area (Å²) < 4.78 is 5.26. The second-order valence-electron chi connectivity index (χ2n) is 5.70. The Hall–Kier alpha value is -2.79. The largest absolute Gasteiger partial charge is 0.423 e. The summed E-state index contributed by atoms with van der Waals surface area (Å²) in [5.41, 5.74) is 3.05. The van der Waals surface area contributed by atoms with E-state index in [2.05, 4.69) is 10.6 Å². The standard InChI is InChI=1S/C19H17ClN2O3/c1-11-6-17-15(9-16(11)20)13(8-18(23)25-17)10-22-14-5-3-4-12(7-14)19(24)21-2/h3-9,22H,10H2,1-2H3,(H,21,24). The van der Waals surface area contributed by atoms with Crippen LogP contribution < -0.4 is 16.3 Å². The highest BCUT2D eigenvalue weighted by atomic mass is 35.5. The fourth-order valence-electron chi connectivity index (χ4n) is 2.61. The van der Waals surface area contributed by atoms with Gasteiger partial charge in [-0.3, -0.25) is 4.79 Å². The van der Waals surface area contributed by atoms with E-state index in [4.69, 9.17) is 16.0 Å². The highest BCUT2D eigenvalue weighted by Crippen LogP contribution is 2.25. The quantitative estimate of drug-likeness (QED) is 0.699. The van der Waals surface area contributed by atoms with Crippen LogP contribution in [0.4, 0.5) is 5.69 Å². The van der Waals surface area contributed by atoms with Crippen LogP contribution in [0, 0.1) is 6.92 Å². The molecule has 0 unspecified atom stereocenters. The van der Waals surface area contributed by atoms with Gasteiger partial charge in [0.1, 0.15) is 5.58 Å². The molecular weight excluding hydrogens is 340 g/mol. The average molecular weight is 357 g/mol. The molecule has 25 heavy (non-hydrogen) atoms. The van der Waals surface area contributed by atoms with Crippen LogP contribution in [0.25, 0.3) is 11.0 Å².